The molecule has 0 saturated heterocycles. The van der Waals surface area contributed by atoms with Gasteiger partial charge in [-0.25, -0.2) is 14.4 Å². The highest BCUT2D eigenvalue weighted by atomic mass is 35.5. The summed E-state index contributed by atoms with van der Waals surface area (Å²) in [7, 11) is 0. The molecule has 2 atom stereocenters. The standard InChI is InChI=1S/C23H23ClF4N4OS/c1-22(2,3)34(33)32-20(14-4-7-16(25)8-5-14)12-29-21-11-19(30-13-31-21)15-6-9-17(18(24)10-15)23(26,27)28/h4-11,13,20,32H,12H2,1-3H3,(H,29,30,31)/t20-,34?/m0/s1. The lowest BCUT2D eigenvalue weighted by Gasteiger charge is -2.28. The Balaban J connectivity index is 1.80. The van der Waals surface area contributed by atoms with Crippen LogP contribution in [0.3, 0.4) is 0 Å². The first-order valence-corrected chi connectivity index (χ1v) is 11.7. The van der Waals surface area contributed by atoms with Crippen LogP contribution in [0.1, 0.15) is 37.9 Å². The zero-order valence-corrected chi connectivity index (χ0v) is 20.2. The van der Waals surface area contributed by atoms with Crippen molar-refractivity contribution in [1.82, 2.24) is 14.7 Å². The van der Waals surface area contributed by atoms with Crippen molar-refractivity contribution >= 4 is 28.8 Å². The third kappa shape index (κ3) is 6.82. The maximum Gasteiger partial charge on any atom is 0.417 e. The lowest BCUT2D eigenvalue weighted by atomic mass is 10.1. The molecule has 34 heavy (non-hydrogen) atoms. The van der Waals surface area contributed by atoms with Crippen molar-refractivity contribution in [3.05, 3.63) is 76.8 Å². The number of aromatic nitrogens is 2. The van der Waals surface area contributed by atoms with Gasteiger partial charge in [-0.2, -0.15) is 13.2 Å². The first kappa shape index (κ1) is 26.2. The van der Waals surface area contributed by atoms with E-state index in [0.29, 0.717) is 17.1 Å². The highest BCUT2D eigenvalue weighted by Crippen LogP contribution is 2.36. The van der Waals surface area contributed by atoms with E-state index in [-0.39, 0.29) is 12.4 Å². The Hall–Kier alpha value is -2.40. The largest absolute Gasteiger partial charge is 0.598 e. The van der Waals surface area contributed by atoms with Crippen LogP contribution in [-0.2, 0) is 17.5 Å². The second-order valence-corrected chi connectivity index (χ2v) is 10.9. The average Bonchev–Trinajstić information content (AvgIpc) is 2.75. The Morgan fingerprint density at radius 1 is 1.03 bits per heavy atom. The third-order valence-corrected chi connectivity index (χ3v) is 6.73. The van der Waals surface area contributed by atoms with E-state index in [4.69, 9.17) is 11.6 Å². The number of benzene rings is 2. The summed E-state index contributed by atoms with van der Waals surface area (Å²) in [6.45, 7) is 5.74. The molecule has 2 aromatic carbocycles. The minimum absolute atomic E-state index is 0.248. The predicted molar refractivity (Wildman–Crippen MR) is 126 cm³/mol. The van der Waals surface area contributed by atoms with Gasteiger partial charge in [-0.3, -0.25) is 0 Å². The molecule has 0 bridgehead atoms. The van der Waals surface area contributed by atoms with Gasteiger partial charge in [0.1, 0.15) is 22.7 Å². The van der Waals surface area contributed by atoms with E-state index in [0.717, 1.165) is 11.6 Å². The minimum Gasteiger partial charge on any atom is -0.598 e. The summed E-state index contributed by atoms with van der Waals surface area (Å²) in [5, 5.41) is 2.69. The second-order valence-electron chi connectivity index (χ2n) is 8.46. The molecule has 0 spiro atoms. The number of nitrogens with zero attached hydrogens (tertiary/aromatic N) is 2. The van der Waals surface area contributed by atoms with Gasteiger partial charge in [0.2, 0.25) is 0 Å². The molecular weight excluding hydrogens is 492 g/mol. The molecular formula is C23H23ClF4N4OS. The van der Waals surface area contributed by atoms with Gasteiger partial charge in [0.15, 0.2) is 0 Å². The molecule has 11 heteroatoms. The van der Waals surface area contributed by atoms with Crippen LogP contribution in [0.15, 0.2) is 54.9 Å². The number of anilines is 1. The van der Waals surface area contributed by atoms with Crippen LogP contribution < -0.4 is 10.0 Å². The number of nitrogens with one attached hydrogen (secondary N) is 2. The summed E-state index contributed by atoms with van der Waals surface area (Å²) in [5.41, 5.74) is 0.559. The van der Waals surface area contributed by atoms with E-state index < -0.39 is 38.9 Å². The van der Waals surface area contributed by atoms with Gasteiger partial charge in [0, 0.05) is 29.5 Å². The van der Waals surface area contributed by atoms with Crippen molar-refractivity contribution in [1.29, 1.82) is 0 Å². The summed E-state index contributed by atoms with van der Waals surface area (Å²) < 4.78 is 67.5. The molecule has 0 aliphatic rings. The first-order chi connectivity index (χ1) is 15.8. The molecule has 3 rings (SSSR count). The molecule has 0 fully saturated rings. The third-order valence-electron chi connectivity index (χ3n) is 4.80. The van der Waals surface area contributed by atoms with Crippen molar-refractivity contribution < 1.29 is 22.1 Å². The van der Waals surface area contributed by atoms with Gasteiger partial charge in [0.05, 0.1) is 22.3 Å². The van der Waals surface area contributed by atoms with E-state index in [9.17, 15) is 22.1 Å². The zero-order chi connectivity index (χ0) is 25.1. The van der Waals surface area contributed by atoms with Gasteiger partial charge >= 0.3 is 6.18 Å². The second kappa shape index (κ2) is 10.5. The molecule has 0 saturated carbocycles. The SMILES string of the molecule is CC(C)(C)[S+]([O-])N[C@@H](CNc1cc(-c2ccc(C(F)(F)F)c(Cl)c2)ncn1)c1ccc(F)cc1. The van der Waals surface area contributed by atoms with Crippen LogP contribution >= 0.6 is 11.6 Å². The van der Waals surface area contributed by atoms with Crippen LogP contribution in [0.25, 0.3) is 11.3 Å². The van der Waals surface area contributed by atoms with E-state index in [1.807, 2.05) is 20.8 Å². The molecule has 0 aliphatic heterocycles. The van der Waals surface area contributed by atoms with Crippen molar-refractivity contribution in [2.75, 3.05) is 11.9 Å². The fraction of sp³-hybridized carbons (Fsp3) is 0.304. The maximum absolute atomic E-state index is 13.4. The quantitative estimate of drug-likeness (QED) is 0.292. The van der Waals surface area contributed by atoms with Crippen molar-refractivity contribution in [3.8, 4) is 11.3 Å². The molecule has 1 heterocycles. The normalized spacial score (nSPS) is 14.0. The number of halogens is 5. The highest BCUT2D eigenvalue weighted by molar-refractivity contribution is 7.90. The fourth-order valence-electron chi connectivity index (χ4n) is 2.95. The van der Waals surface area contributed by atoms with Crippen LogP contribution in [0, 0.1) is 5.82 Å². The van der Waals surface area contributed by atoms with Gasteiger partial charge in [-0.15, -0.1) is 4.72 Å². The topological polar surface area (TPSA) is 72.9 Å². The van der Waals surface area contributed by atoms with Crippen LogP contribution in [-0.4, -0.2) is 25.8 Å². The molecule has 182 valence electrons. The lowest BCUT2D eigenvalue weighted by Crippen LogP contribution is -2.43. The zero-order valence-electron chi connectivity index (χ0n) is 18.6. The highest BCUT2D eigenvalue weighted by Gasteiger charge is 2.33. The van der Waals surface area contributed by atoms with E-state index in [2.05, 4.69) is 20.0 Å². The first-order valence-electron chi connectivity index (χ1n) is 10.2. The smallest absolute Gasteiger partial charge is 0.417 e. The van der Waals surface area contributed by atoms with Crippen LogP contribution in [0.4, 0.5) is 23.4 Å². The van der Waals surface area contributed by atoms with Gasteiger partial charge in [-0.1, -0.05) is 29.8 Å². The van der Waals surface area contributed by atoms with E-state index in [1.165, 1.54) is 30.6 Å². The van der Waals surface area contributed by atoms with E-state index in [1.54, 1.807) is 18.2 Å². The molecule has 3 aromatic rings. The molecule has 5 nitrogen and oxygen atoms in total. The predicted octanol–water partition coefficient (Wildman–Crippen LogP) is 6.16. The van der Waals surface area contributed by atoms with Crippen LogP contribution in [0.2, 0.25) is 5.02 Å². The Morgan fingerprint density at radius 2 is 1.71 bits per heavy atom. The monoisotopic (exact) mass is 514 g/mol. The number of hydrogen-bond acceptors (Lipinski definition) is 5. The summed E-state index contributed by atoms with van der Waals surface area (Å²) >= 11 is 4.43. The maximum atomic E-state index is 13.4. The molecule has 1 unspecified atom stereocenters. The van der Waals surface area contributed by atoms with Crippen molar-refractivity contribution in [2.24, 2.45) is 0 Å². The van der Waals surface area contributed by atoms with Gasteiger partial charge in [-0.05, 0) is 50.6 Å². The molecule has 0 amide bonds. The van der Waals surface area contributed by atoms with Crippen molar-refractivity contribution in [2.45, 2.75) is 37.7 Å². The number of rotatable bonds is 7. The molecule has 1 aromatic heterocycles. The van der Waals surface area contributed by atoms with Crippen LogP contribution in [0.5, 0.6) is 0 Å². The Morgan fingerprint density at radius 3 is 2.29 bits per heavy atom. The Kier molecular flexibility index (Phi) is 8.07. The number of alkyl halides is 3. The Bertz CT molecular complexity index is 1120. The Labute approximate surface area is 203 Å². The minimum atomic E-state index is -4.55. The lowest BCUT2D eigenvalue weighted by molar-refractivity contribution is -0.137. The number of hydrogen-bond donors (Lipinski definition) is 2. The summed E-state index contributed by atoms with van der Waals surface area (Å²) in [5.74, 6) is 0.0134. The van der Waals surface area contributed by atoms with Gasteiger partial charge in [0.25, 0.3) is 0 Å². The van der Waals surface area contributed by atoms with Gasteiger partial charge < -0.3 is 9.87 Å². The molecule has 0 aliphatic carbocycles. The van der Waals surface area contributed by atoms with Crippen molar-refractivity contribution in [3.63, 3.8) is 0 Å². The van der Waals surface area contributed by atoms with E-state index >= 15 is 0 Å². The summed E-state index contributed by atoms with van der Waals surface area (Å²) in [6.07, 6.45) is -3.28. The average molecular weight is 515 g/mol. The summed E-state index contributed by atoms with van der Waals surface area (Å²) in [6, 6.07) is 10.4. The fourth-order valence-corrected chi connectivity index (χ4v) is 4.07. The molecule has 0 radical (unpaired) electrons. The molecule has 2 N–H and O–H groups in total. The summed E-state index contributed by atoms with van der Waals surface area (Å²) in [4.78, 5) is 8.27.